The van der Waals surface area contributed by atoms with Gasteiger partial charge in [0.15, 0.2) is 11.5 Å². The number of hydrogen-bond acceptors (Lipinski definition) is 4. The normalized spacial score (nSPS) is 10.0. The molecule has 4 nitrogen and oxygen atoms in total. The van der Waals surface area contributed by atoms with E-state index in [9.17, 15) is 4.79 Å². The van der Waals surface area contributed by atoms with Crippen molar-refractivity contribution in [2.45, 2.75) is 13.8 Å². The summed E-state index contributed by atoms with van der Waals surface area (Å²) in [5, 5.41) is 0. The van der Waals surface area contributed by atoms with Gasteiger partial charge in [-0.15, -0.1) is 0 Å². The number of ether oxygens (including phenoxy) is 1. The molecular weight excluding hydrogens is 216 g/mol. The zero-order valence-electron chi connectivity index (χ0n) is 9.68. The van der Waals surface area contributed by atoms with E-state index in [0.29, 0.717) is 17.2 Å². The van der Waals surface area contributed by atoms with Crippen LogP contribution in [-0.2, 0) is 0 Å². The molecule has 0 spiro atoms. The van der Waals surface area contributed by atoms with Crippen LogP contribution >= 0.6 is 0 Å². The van der Waals surface area contributed by atoms with Gasteiger partial charge in [-0.2, -0.15) is 0 Å². The molecule has 0 aliphatic carbocycles. The Bertz CT molecular complexity index is 553. The highest BCUT2D eigenvalue weighted by Gasteiger charge is 2.11. The lowest BCUT2D eigenvalue weighted by Gasteiger charge is -2.08. The molecular formula is C13H12N2O2. The van der Waals surface area contributed by atoms with Gasteiger partial charge in [-0.3, -0.25) is 9.78 Å². The van der Waals surface area contributed by atoms with Crippen molar-refractivity contribution >= 4 is 5.78 Å². The van der Waals surface area contributed by atoms with Crippen molar-refractivity contribution in [3.05, 3.63) is 47.9 Å². The highest BCUT2D eigenvalue weighted by Crippen LogP contribution is 2.24. The van der Waals surface area contributed by atoms with Crippen molar-refractivity contribution in [1.82, 2.24) is 9.97 Å². The zero-order chi connectivity index (χ0) is 12.3. The van der Waals surface area contributed by atoms with E-state index in [4.69, 9.17) is 4.74 Å². The Kier molecular flexibility index (Phi) is 3.14. The van der Waals surface area contributed by atoms with E-state index in [1.807, 2.05) is 6.92 Å². The number of pyridine rings is 2. The summed E-state index contributed by atoms with van der Waals surface area (Å²) in [5.41, 5.74) is 1.23. The summed E-state index contributed by atoms with van der Waals surface area (Å²) in [6, 6.07) is 6.97. The van der Waals surface area contributed by atoms with Crippen LogP contribution < -0.4 is 4.74 Å². The van der Waals surface area contributed by atoms with Gasteiger partial charge in [0.05, 0.1) is 11.3 Å². The summed E-state index contributed by atoms with van der Waals surface area (Å²) in [6.45, 7) is 3.33. The first-order chi connectivity index (χ1) is 8.18. The lowest BCUT2D eigenvalue weighted by atomic mass is 10.2. The third-order valence-electron chi connectivity index (χ3n) is 2.32. The maximum atomic E-state index is 11.4. The van der Waals surface area contributed by atoms with E-state index in [2.05, 4.69) is 9.97 Å². The predicted molar refractivity (Wildman–Crippen MR) is 63.3 cm³/mol. The minimum atomic E-state index is -0.0744. The highest BCUT2D eigenvalue weighted by molar-refractivity contribution is 5.96. The van der Waals surface area contributed by atoms with Gasteiger partial charge in [-0.05, 0) is 38.1 Å². The number of aromatic nitrogens is 2. The van der Waals surface area contributed by atoms with Crippen molar-refractivity contribution in [3.8, 4) is 11.6 Å². The Morgan fingerprint density at radius 3 is 2.59 bits per heavy atom. The van der Waals surface area contributed by atoms with E-state index in [1.54, 1.807) is 36.7 Å². The molecule has 0 N–H and O–H groups in total. The monoisotopic (exact) mass is 228 g/mol. The Morgan fingerprint density at radius 1 is 1.18 bits per heavy atom. The molecule has 0 aromatic carbocycles. The lowest BCUT2D eigenvalue weighted by molar-refractivity contribution is 0.101. The molecule has 2 aromatic heterocycles. The SMILES string of the molecule is CC(=O)c1cccnc1Oc1cccnc1C. The van der Waals surface area contributed by atoms with Crippen LogP contribution in [0.4, 0.5) is 0 Å². The first-order valence-corrected chi connectivity index (χ1v) is 5.24. The van der Waals surface area contributed by atoms with Crippen LogP contribution in [0.3, 0.4) is 0 Å². The van der Waals surface area contributed by atoms with Crippen LogP contribution in [0.2, 0.25) is 0 Å². The summed E-state index contributed by atoms with van der Waals surface area (Å²) in [4.78, 5) is 19.6. The molecule has 0 aliphatic rings. The number of carbonyl (C=O) groups excluding carboxylic acids is 1. The third kappa shape index (κ3) is 2.47. The summed E-state index contributed by atoms with van der Waals surface area (Å²) in [5.74, 6) is 0.847. The summed E-state index contributed by atoms with van der Waals surface area (Å²) in [6.07, 6.45) is 3.28. The predicted octanol–water partition coefficient (Wildman–Crippen LogP) is 2.78. The van der Waals surface area contributed by atoms with Crippen LogP contribution in [0, 0.1) is 6.92 Å². The fourth-order valence-electron chi connectivity index (χ4n) is 1.42. The first kappa shape index (κ1) is 11.3. The Balaban J connectivity index is 2.37. The lowest BCUT2D eigenvalue weighted by Crippen LogP contribution is -2.00. The van der Waals surface area contributed by atoms with Crippen LogP contribution in [0.25, 0.3) is 0 Å². The summed E-state index contributed by atoms with van der Waals surface area (Å²) < 4.78 is 5.61. The number of ketones is 1. The standard InChI is InChI=1S/C13H12N2O2/c1-9-12(6-4-7-14-9)17-13-11(10(2)16)5-3-8-15-13/h3-8H,1-2H3. The molecule has 2 aromatic rings. The van der Waals surface area contributed by atoms with E-state index in [1.165, 1.54) is 6.92 Å². The molecule has 0 saturated heterocycles. The number of Topliss-reactive ketones (excluding diaryl/α,β-unsaturated/α-hetero) is 1. The summed E-state index contributed by atoms with van der Waals surface area (Å²) >= 11 is 0. The smallest absolute Gasteiger partial charge is 0.230 e. The average Bonchev–Trinajstić information content (AvgIpc) is 2.32. The van der Waals surface area contributed by atoms with Crippen LogP contribution in [0.15, 0.2) is 36.7 Å². The van der Waals surface area contributed by atoms with Gasteiger partial charge in [0.25, 0.3) is 0 Å². The topological polar surface area (TPSA) is 52.1 Å². The van der Waals surface area contributed by atoms with E-state index in [0.717, 1.165) is 5.69 Å². The van der Waals surface area contributed by atoms with E-state index in [-0.39, 0.29) is 5.78 Å². The molecule has 0 unspecified atom stereocenters. The molecule has 0 radical (unpaired) electrons. The summed E-state index contributed by atoms with van der Waals surface area (Å²) in [7, 11) is 0. The van der Waals surface area contributed by atoms with Gasteiger partial charge in [-0.25, -0.2) is 4.98 Å². The van der Waals surface area contributed by atoms with Crippen molar-refractivity contribution in [2.75, 3.05) is 0 Å². The molecule has 86 valence electrons. The second-order valence-electron chi connectivity index (χ2n) is 3.60. The van der Waals surface area contributed by atoms with Crippen molar-refractivity contribution in [1.29, 1.82) is 0 Å². The van der Waals surface area contributed by atoms with Gasteiger partial charge in [0.1, 0.15) is 0 Å². The van der Waals surface area contributed by atoms with E-state index >= 15 is 0 Å². The van der Waals surface area contributed by atoms with Gasteiger partial charge in [0, 0.05) is 12.4 Å². The maximum Gasteiger partial charge on any atom is 0.230 e. The molecule has 0 amide bonds. The molecule has 4 heteroatoms. The Hall–Kier alpha value is -2.23. The molecule has 0 fully saturated rings. The van der Waals surface area contributed by atoms with Gasteiger partial charge < -0.3 is 4.74 Å². The van der Waals surface area contributed by atoms with Crippen molar-refractivity contribution in [3.63, 3.8) is 0 Å². The largest absolute Gasteiger partial charge is 0.436 e. The van der Waals surface area contributed by atoms with Crippen molar-refractivity contribution in [2.24, 2.45) is 0 Å². The maximum absolute atomic E-state index is 11.4. The highest BCUT2D eigenvalue weighted by atomic mass is 16.5. The molecule has 2 heterocycles. The molecule has 0 aliphatic heterocycles. The van der Waals surface area contributed by atoms with Crippen LogP contribution in [0.5, 0.6) is 11.6 Å². The second kappa shape index (κ2) is 4.74. The van der Waals surface area contributed by atoms with E-state index < -0.39 is 0 Å². The quantitative estimate of drug-likeness (QED) is 0.758. The van der Waals surface area contributed by atoms with Gasteiger partial charge in [-0.1, -0.05) is 0 Å². The number of carbonyl (C=O) groups is 1. The second-order valence-corrected chi connectivity index (χ2v) is 3.60. The van der Waals surface area contributed by atoms with Gasteiger partial charge >= 0.3 is 0 Å². The zero-order valence-corrected chi connectivity index (χ0v) is 9.68. The van der Waals surface area contributed by atoms with Crippen molar-refractivity contribution < 1.29 is 9.53 Å². The molecule has 17 heavy (non-hydrogen) atoms. The Morgan fingerprint density at radius 2 is 1.88 bits per heavy atom. The fraction of sp³-hybridized carbons (Fsp3) is 0.154. The number of aryl methyl sites for hydroxylation is 1. The first-order valence-electron chi connectivity index (χ1n) is 5.24. The molecule has 0 bridgehead atoms. The Labute approximate surface area is 99.3 Å². The molecule has 2 rings (SSSR count). The minimum Gasteiger partial charge on any atom is -0.436 e. The average molecular weight is 228 g/mol. The third-order valence-corrected chi connectivity index (χ3v) is 2.32. The van der Waals surface area contributed by atoms with Crippen LogP contribution in [-0.4, -0.2) is 15.8 Å². The minimum absolute atomic E-state index is 0.0744. The van der Waals surface area contributed by atoms with Crippen LogP contribution in [0.1, 0.15) is 23.0 Å². The van der Waals surface area contributed by atoms with Gasteiger partial charge in [0.2, 0.25) is 5.88 Å². The molecule has 0 saturated carbocycles. The number of nitrogens with zero attached hydrogens (tertiary/aromatic N) is 2. The fourth-order valence-corrected chi connectivity index (χ4v) is 1.42. The number of rotatable bonds is 3. The molecule has 0 atom stereocenters. The number of hydrogen-bond donors (Lipinski definition) is 0.